The van der Waals surface area contributed by atoms with Crippen LogP contribution in [-0.2, 0) is 4.43 Å². The highest BCUT2D eigenvalue weighted by Gasteiger charge is 2.42. The molecule has 0 aliphatic carbocycles. The first-order valence-electron chi connectivity index (χ1n) is 8.22. The second kappa shape index (κ2) is 6.40. The monoisotopic (exact) mass is 371 g/mol. The molecule has 24 heavy (non-hydrogen) atoms. The van der Waals surface area contributed by atoms with Crippen LogP contribution >= 0.6 is 11.3 Å². The zero-order valence-electron chi connectivity index (χ0n) is 15.6. The maximum absolute atomic E-state index is 12.5. The third-order valence-corrected chi connectivity index (χ3v) is 10.1. The Morgan fingerprint density at radius 3 is 2.46 bits per heavy atom. The van der Waals surface area contributed by atoms with Gasteiger partial charge in [0.1, 0.15) is 11.4 Å². The van der Waals surface area contributed by atoms with Crippen LogP contribution in [0.2, 0.25) is 18.1 Å². The van der Waals surface area contributed by atoms with Gasteiger partial charge in [-0.25, -0.2) is 4.98 Å². The van der Waals surface area contributed by atoms with E-state index >= 15 is 0 Å². The van der Waals surface area contributed by atoms with Crippen molar-refractivity contribution in [3.8, 4) is 0 Å². The van der Waals surface area contributed by atoms with Gasteiger partial charge < -0.3 is 19.7 Å². The van der Waals surface area contributed by atoms with Gasteiger partial charge in [-0.2, -0.15) is 0 Å². The largest absolute Gasteiger partial charge is 0.395 e. The van der Waals surface area contributed by atoms with Gasteiger partial charge in [0.15, 0.2) is 13.4 Å². The molecule has 1 aliphatic heterocycles. The first kappa shape index (κ1) is 19.4. The molecule has 1 amide bonds. The Morgan fingerprint density at radius 1 is 1.38 bits per heavy atom. The number of β-amino-alcohol motifs (C(OH)–C–C–N with tert-alkyl or cyclic N) is 1. The first-order chi connectivity index (χ1) is 10.8. The average Bonchev–Trinajstić information content (AvgIpc) is 2.80. The van der Waals surface area contributed by atoms with Gasteiger partial charge in [0, 0.05) is 18.5 Å². The normalized spacial score (nSPS) is 16.9. The van der Waals surface area contributed by atoms with Crippen molar-refractivity contribution in [1.29, 1.82) is 0 Å². The summed E-state index contributed by atoms with van der Waals surface area (Å²) in [6, 6.07) is 0. The van der Waals surface area contributed by atoms with E-state index < -0.39 is 14.0 Å². The van der Waals surface area contributed by atoms with Crippen molar-refractivity contribution in [3.63, 3.8) is 0 Å². The fourth-order valence-electron chi connectivity index (χ4n) is 2.28. The Bertz CT molecular complexity index is 604. The molecule has 1 aromatic rings. The van der Waals surface area contributed by atoms with E-state index in [1.807, 2.05) is 18.7 Å². The number of carbonyl (C=O) groups is 1. The molecular formula is C16H29N3O3SSi. The number of rotatable bonds is 5. The van der Waals surface area contributed by atoms with E-state index in [0.717, 1.165) is 5.13 Å². The van der Waals surface area contributed by atoms with E-state index in [2.05, 4.69) is 44.2 Å². The molecule has 0 spiro atoms. The quantitative estimate of drug-likeness (QED) is 0.615. The molecular weight excluding hydrogens is 342 g/mol. The topological polar surface area (TPSA) is 74.7 Å². The first-order valence-corrected chi connectivity index (χ1v) is 12.0. The SMILES string of the molecule is CC(C)(NC(=O)c1csc(N2CC(O)C2)n1)O[Si](C)(C)C(C)(C)C. The maximum atomic E-state index is 12.5. The van der Waals surface area contributed by atoms with Crippen LogP contribution in [-0.4, -0.2) is 49.2 Å². The summed E-state index contributed by atoms with van der Waals surface area (Å²) in [5.74, 6) is -0.234. The number of carbonyl (C=O) groups excluding carboxylic acids is 1. The maximum Gasteiger partial charge on any atom is 0.272 e. The van der Waals surface area contributed by atoms with Gasteiger partial charge in [-0.05, 0) is 32.0 Å². The molecule has 0 radical (unpaired) electrons. The van der Waals surface area contributed by atoms with E-state index in [0.29, 0.717) is 18.8 Å². The van der Waals surface area contributed by atoms with Crippen LogP contribution in [0.1, 0.15) is 45.1 Å². The highest BCUT2D eigenvalue weighted by molar-refractivity contribution is 7.14. The minimum atomic E-state index is -1.99. The number of nitrogens with one attached hydrogen (secondary N) is 1. The fourth-order valence-corrected chi connectivity index (χ4v) is 4.74. The van der Waals surface area contributed by atoms with Crippen LogP contribution in [0, 0.1) is 0 Å². The van der Waals surface area contributed by atoms with E-state index in [-0.39, 0.29) is 17.0 Å². The highest BCUT2D eigenvalue weighted by Crippen LogP contribution is 2.38. The lowest BCUT2D eigenvalue weighted by molar-refractivity contribution is 0.0453. The highest BCUT2D eigenvalue weighted by atomic mass is 32.1. The molecule has 8 heteroatoms. The molecule has 0 aromatic carbocycles. The standard InChI is InChI=1S/C16H29N3O3SSi/c1-15(2,3)24(6,7)22-16(4,5)18-13(21)12-10-23-14(17-12)19-8-11(20)9-19/h10-11,20H,8-9H2,1-7H3,(H,18,21). The molecule has 2 N–H and O–H groups in total. The van der Waals surface area contributed by atoms with Gasteiger partial charge in [-0.3, -0.25) is 4.79 Å². The summed E-state index contributed by atoms with van der Waals surface area (Å²) in [6.07, 6.45) is -0.289. The Balaban J connectivity index is 2.00. The lowest BCUT2D eigenvalue weighted by atomic mass is 10.2. The van der Waals surface area contributed by atoms with Crippen LogP contribution in [0.25, 0.3) is 0 Å². The molecule has 0 unspecified atom stereocenters. The average molecular weight is 372 g/mol. The second-order valence-corrected chi connectivity index (χ2v) is 14.0. The number of aromatic nitrogens is 1. The van der Waals surface area contributed by atoms with Crippen molar-refractivity contribution in [3.05, 3.63) is 11.1 Å². The van der Waals surface area contributed by atoms with Gasteiger partial charge in [-0.1, -0.05) is 20.8 Å². The van der Waals surface area contributed by atoms with Crippen LogP contribution in [0.3, 0.4) is 0 Å². The zero-order chi connectivity index (χ0) is 18.3. The second-order valence-electron chi connectivity index (χ2n) is 8.40. The summed E-state index contributed by atoms with van der Waals surface area (Å²) < 4.78 is 6.32. The third kappa shape index (κ3) is 4.36. The minimum absolute atomic E-state index is 0.0706. The molecule has 0 saturated carbocycles. The molecule has 2 heterocycles. The molecule has 1 fully saturated rings. The summed E-state index contributed by atoms with van der Waals surface area (Å²) in [7, 11) is -1.99. The lowest BCUT2D eigenvalue weighted by Gasteiger charge is -2.42. The number of hydrogen-bond acceptors (Lipinski definition) is 6. The third-order valence-electron chi connectivity index (χ3n) is 4.59. The fraction of sp³-hybridized carbons (Fsp3) is 0.750. The van der Waals surface area contributed by atoms with Crippen LogP contribution < -0.4 is 10.2 Å². The van der Waals surface area contributed by atoms with E-state index in [9.17, 15) is 9.90 Å². The summed E-state index contributed by atoms with van der Waals surface area (Å²) in [4.78, 5) is 18.8. The van der Waals surface area contributed by atoms with Gasteiger partial charge in [0.2, 0.25) is 0 Å². The lowest BCUT2D eigenvalue weighted by Crippen LogP contribution is -2.55. The Kier molecular flexibility index (Phi) is 5.16. The molecule has 1 aromatic heterocycles. The molecule has 2 rings (SSSR count). The van der Waals surface area contributed by atoms with Crippen molar-refractivity contribution in [2.24, 2.45) is 0 Å². The molecule has 136 valence electrons. The van der Waals surface area contributed by atoms with E-state index in [1.54, 1.807) is 5.38 Å². The Labute approximate surface area is 149 Å². The van der Waals surface area contributed by atoms with Crippen molar-refractivity contribution >= 4 is 30.7 Å². The van der Waals surface area contributed by atoms with E-state index in [1.165, 1.54) is 11.3 Å². The van der Waals surface area contributed by atoms with Crippen molar-refractivity contribution in [2.75, 3.05) is 18.0 Å². The molecule has 0 atom stereocenters. The minimum Gasteiger partial charge on any atom is -0.395 e. The molecule has 0 bridgehead atoms. The summed E-state index contributed by atoms with van der Waals surface area (Å²) >= 11 is 1.42. The number of aliphatic hydroxyl groups is 1. The number of amides is 1. The number of anilines is 1. The number of thiazole rings is 1. The molecule has 1 aliphatic rings. The summed E-state index contributed by atoms with van der Waals surface area (Å²) in [5.41, 5.74) is -0.361. The van der Waals surface area contributed by atoms with Crippen molar-refractivity contribution in [1.82, 2.24) is 10.3 Å². The van der Waals surface area contributed by atoms with Gasteiger partial charge in [-0.15, -0.1) is 11.3 Å². The van der Waals surface area contributed by atoms with E-state index in [4.69, 9.17) is 4.43 Å². The zero-order valence-corrected chi connectivity index (χ0v) is 17.5. The van der Waals surface area contributed by atoms with Gasteiger partial charge in [0.05, 0.1) is 6.10 Å². The number of hydrogen-bond donors (Lipinski definition) is 2. The smallest absolute Gasteiger partial charge is 0.272 e. The predicted octanol–water partition coefficient (Wildman–Crippen LogP) is 2.81. The Hall–Kier alpha value is -0.963. The van der Waals surface area contributed by atoms with Crippen molar-refractivity contribution in [2.45, 2.75) is 64.6 Å². The van der Waals surface area contributed by atoms with Gasteiger partial charge >= 0.3 is 0 Å². The number of nitrogens with zero attached hydrogens (tertiary/aromatic N) is 2. The van der Waals surface area contributed by atoms with Crippen LogP contribution in [0.4, 0.5) is 5.13 Å². The van der Waals surface area contributed by atoms with Crippen LogP contribution in [0.15, 0.2) is 5.38 Å². The van der Waals surface area contributed by atoms with Gasteiger partial charge in [0.25, 0.3) is 5.91 Å². The number of aliphatic hydroxyl groups excluding tert-OH is 1. The summed E-state index contributed by atoms with van der Waals surface area (Å²) in [6.45, 7) is 15.8. The molecule has 6 nitrogen and oxygen atoms in total. The van der Waals surface area contributed by atoms with Crippen LogP contribution in [0.5, 0.6) is 0 Å². The van der Waals surface area contributed by atoms with Crippen molar-refractivity contribution < 1.29 is 14.3 Å². The Morgan fingerprint density at radius 2 is 1.96 bits per heavy atom. The predicted molar refractivity (Wildman–Crippen MR) is 100 cm³/mol. The molecule has 1 saturated heterocycles. The summed E-state index contributed by atoms with van der Waals surface area (Å²) in [5, 5.41) is 14.9.